The molecule has 0 saturated carbocycles. The van der Waals surface area contributed by atoms with Gasteiger partial charge in [0.05, 0.1) is 5.92 Å². The molecule has 0 bridgehead atoms. The van der Waals surface area contributed by atoms with Crippen molar-refractivity contribution in [3.05, 3.63) is 65.6 Å². The molecule has 2 aromatic carbocycles. The number of nitrogens with one attached hydrogen (secondary N) is 2. The first-order valence-corrected chi connectivity index (χ1v) is 9.97. The quantitative estimate of drug-likeness (QED) is 0.667. The summed E-state index contributed by atoms with van der Waals surface area (Å²) in [5.41, 5.74) is 3.73. The minimum atomic E-state index is -0.354. The van der Waals surface area contributed by atoms with E-state index in [1.807, 2.05) is 37.4 Å². The highest BCUT2D eigenvalue weighted by Crippen LogP contribution is 2.24. The van der Waals surface area contributed by atoms with Gasteiger partial charge in [-0.3, -0.25) is 9.59 Å². The summed E-state index contributed by atoms with van der Waals surface area (Å²) in [5.74, 6) is -0.761. The fourth-order valence-electron chi connectivity index (χ4n) is 3.96. The second-order valence-electron chi connectivity index (χ2n) is 7.49. The maximum atomic E-state index is 13.5. The number of aromatic nitrogens is 1. The maximum Gasteiger partial charge on any atom is 0.229 e. The first-order chi connectivity index (χ1) is 14.0. The van der Waals surface area contributed by atoms with Crippen molar-refractivity contribution in [2.45, 2.75) is 26.2 Å². The van der Waals surface area contributed by atoms with Crippen LogP contribution in [0.4, 0.5) is 10.1 Å². The molecule has 150 valence electrons. The van der Waals surface area contributed by atoms with E-state index in [0.29, 0.717) is 19.5 Å². The second-order valence-corrected chi connectivity index (χ2v) is 7.49. The summed E-state index contributed by atoms with van der Waals surface area (Å²) in [7, 11) is 0. The van der Waals surface area contributed by atoms with Crippen LogP contribution < -0.4 is 5.32 Å². The van der Waals surface area contributed by atoms with Gasteiger partial charge in [-0.05, 0) is 48.2 Å². The van der Waals surface area contributed by atoms with Crippen LogP contribution >= 0.6 is 0 Å². The minimum absolute atomic E-state index is 0.0139. The molecule has 3 aromatic rings. The molecule has 1 fully saturated rings. The first kappa shape index (κ1) is 19.2. The second kappa shape index (κ2) is 8.07. The third-order valence-electron chi connectivity index (χ3n) is 5.62. The molecular formula is C23H24FN3O2. The highest BCUT2D eigenvalue weighted by molar-refractivity contribution is 5.97. The molecule has 5 nitrogen and oxygen atoms in total. The number of nitrogens with zero attached hydrogens (tertiary/aromatic N) is 1. The molecule has 1 aliphatic heterocycles. The van der Waals surface area contributed by atoms with Crippen molar-refractivity contribution in [2.75, 3.05) is 18.4 Å². The van der Waals surface area contributed by atoms with E-state index in [-0.39, 0.29) is 30.0 Å². The Morgan fingerprint density at radius 2 is 2.07 bits per heavy atom. The Balaban J connectivity index is 1.38. The van der Waals surface area contributed by atoms with E-state index in [0.717, 1.165) is 34.1 Å². The third kappa shape index (κ3) is 4.01. The average molecular weight is 393 g/mol. The van der Waals surface area contributed by atoms with Gasteiger partial charge in [0, 0.05) is 42.3 Å². The highest BCUT2D eigenvalue weighted by atomic mass is 19.1. The Morgan fingerprint density at radius 1 is 1.24 bits per heavy atom. The molecule has 6 heteroatoms. The molecule has 4 rings (SSSR count). The summed E-state index contributed by atoms with van der Waals surface area (Å²) in [4.78, 5) is 30.0. The number of aromatic amines is 1. The van der Waals surface area contributed by atoms with Crippen molar-refractivity contribution in [3.8, 4) is 0 Å². The number of anilines is 1. The number of hydrogen-bond donors (Lipinski definition) is 2. The number of hydrogen-bond acceptors (Lipinski definition) is 2. The van der Waals surface area contributed by atoms with Gasteiger partial charge in [-0.2, -0.15) is 0 Å². The van der Waals surface area contributed by atoms with Crippen molar-refractivity contribution in [3.63, 3.8) is 0 Å². The van der Waals surface area contributed by atoms with Gasteiger partial charge in [0.1, 0.15) is 5.82 Å². The summed E-state index contributed by atoms with van der Waals surface area (Å²) >= 11 is 0. The van der Waals surface area contributed by atoms with Crippen molar-refractivity contribution >= 4 is 28.4 Å². The Bertz CT molecular complexity index is 1060. The number of benzene rings is 2. The number of carbonyl (C=O) groups is 2. The number of para-hydroxylation sites is 1. The zero-order valence-electron chi connectivity index (χ0n) is 16.4. The third-order valence-corrected chi connectivity index (χ3v) is 5.62. The molecule has 0 aliphatic carbocycles. The zero-order chi connectivity index (χ0) is 20.4. The number of likely N-dealkylation sites (tertiary alicyclic amines) is 1. The standard InChI is InChI=1S/C23H24FN3O2/c1-2-15-5-3-4-6-20(15)26-23(29)17-11-22(28)27(14-17)10-9-16-13-25-21-8-7-18(24)12-19(16)21/h3-8,12-13,17,25H,2,9-11,14H2,1H3,(H,26,29)/t17-/m0/s1. The van der Waals surface area contributed by atoms with Gasteiger partial charge in [-0.25, -0.2) is 4.39 Å². The molecule has 1 aliphatic rings. The monoisotopic (exact) mass is 393 g/mol. The smallest absolute Gasteiger partial charge is 0.229 e. The van der Waals surface area contributed by atoms with Gasteiger partial charge >= 0.3 is 0 Å². The van der Waals surface area contributed by atoms with Gasteiger partial charge in [-0.1, -0.05) is 25.1 Å². The van der Waals surface area contributed by atoms with E-state index in [9.17, 15) is 14.0 Å². The van der Waals surface area contributed by atoms with E-state index >= 15 is 0 Å². The van der Waals surface area contributed by atoms with E-state index in [1.165, 1.54) is 12.1 Å². The Labute approximate surface area is 168 Å². The minimum Gasteiger partial charge on any atom is -0.361 e. The Kier molecular flexibility index (Phi) is 5.34. The van der Waals surface area contributed by atoms with Crippen LogP contribution in [0.25, 0.3) is 10.9 Å². The fraction of sp³-hybridized carbons (Fsp3) is 0.304. The van der Waals surface area contributed by atoms with Crippen LogP contribution in [-0.4, -0.2) is 34.8 Å². The predicted molar refractivity (Wildman–Crippen MR) is 111 cm³/mol. The van der Waals surface area contributed by atoms with E-state index in [4.69, 9.17) is 0 Å². The number of amides is 2. The Morgan fingerprint density at radius 3 is 2.90 bits per heavy atom. The molecule has 0 spiro atoms. The van der Waals surface area contributed by atoms with Gasteiger partial charge in [0.15, 0.2) is 0 Å². The summed E-state index contributed by atoms with van der Waals surface area (Å²) in [5, 5.41) is 3.82. The average Bonchev–Trinajstić information content (AvgIpc) is 3.29. The molecule has 0 unspecified atom stereocenters. The van der Waals surface area contributed by atoms with Crippen LogP contribution in [0.5, 0.6) is 0 Å². The van der Waals surface area contributed by atoms with E-state index < -0.39 is 0 Å². The summed E-state index contributed by atoms with van der Waals surface area (Å²) in [6.45, 7) is 2.97. The molecule has 2 amide bonds. The number of carbonyl (C=O) groups excluding carboxylic acids is 2. The number of aryl methyl sites for hydroxylation is 1. The van der Waals surface area contributed by atoms with Gasteiger partial charge in [-0.15, -0.1) is 0 Å². The summed E-state index contributed by atoms with van der Waals surface area (Å²) in [6.07, 6.45) is 3.53. The van der Waals surface area contributed by atoms with Crippen LogP contribution in [0.3, 0.4) is 0 Å². The topological polar surface area (TPSA) is 65.2 Å². The van der Waals surface area contributed by atoms with Crippen LogP contribution in [0, 0.1) is 11.7 Å². The normalized spacial score (nSPS) is 16.6. The molecule has 1 saturated heterocycles. The molecule has 0 radical (unpaired) electrons. The van der Waals surface area contributed by atoms with Crippen molar-refractivity contribution in [1.82, 2.24) is 9.88 Å². The van der Waals surface area contributed by atoms with Gasteiger partial charge < -0.3 is 15.2 Å². The lowest BCUT2D eigenvalue weighted by Gasteiger charge is -2.17. The molecule has 1 aromatic heterocycles. The maximum absolute atomic E-state index is 13.5. The summed E-state index contributed by atoms with van der Waals surface area (Å²) in [6, 6.07) is 12.4. The first-order valence-electron chi connectivity index (χ1n) is 9.97. The molecule has 2 heterocycles. The van der Waals surface area contributed by atoms with Gasteiger partial charge in [0.25, 0.3) is 0 Å². The number of halogens is 1. The van der Waals surface area contributed by atoms with Crippen LogP contribution in [0.1, 0.15) is 24.5 Å². The predicted octanol–water partition coefficient (Wildman–Crippen LogP) is 3.90. The lowest BCUT2D eigenvalue weighted by molar-refractivity contribution is -0.128. The number of fused-ring (bicyclic) bond motifs is 1. The van der Waals surface area contributed by atoms with Crippen LogP contribution in [0.15, 0.2) is 48.7 Å². The highest BCUT2D eigenvalue weighted by Gasteiger charge is 2.34. The number of rotatable bonds is 6. The Hall–Kier alpha value is -3.15. The van der Waals surface area contributed by atoms with E-state index in [2.05, 4.69) is 10.3 Å². The van der Waals surface area contributed by atoms with E-state index in [1.54, 1.807) is 11.0 Å². The molecule has 1 atom stereocenters. The van der Waals surface area contributed by atoms with Crippen molar-refractivity contribution in [1.29, 1.82) is 0 Å². The van der Waals surface area contributed by atoms with Crippen LogP contribution in [0.2, 0.25) is 0 Å². The lowest BCUT2D eigenvalue weighted by atomic mass is 10.1. The van der Waals surface area contributed by atoms with Crippen molar-refractivity contribution in [2.24, 2.45) is 5.92 Å². The lowest BCUT2D eigenvalue weighted by Crippen LogP contribution is -2.30. The molecule has 29 heavy (non-hydrogen) atoms. The van der Waals surface area contributed by atoms with Crippen molar-refractivity contribution < 1.29 is 14.0 Å². The fourth-order valence-corrected chi connectivity index (χ4v) is 3.96. The largest absolute Gasteiger partial charge is 0.361 e. The van der Waals surface area contributed by atoms with Gasteiger partial charge in [0.2, 0.25) is 11.8 Å². The molecular weight excluding hydrogens is 369 g/mol. The molecule has 2 N–H and O–H groups in total. The zero-order valence-corrected chi connectivity index (χ0v) is 16.4. The SMILES string of the molecule is CCc1ccccc1NC(=O)[C@H]1CC(=O)N(CCc2c[nH]c3ccc(F)cc23)C1. The summed E-state index contributed by atoms with van der Waals surface area (Å²) < 4.78 is 13.5. The number of H-pyrrole nitrogens is 1. The van der Waals surface area contributed by atoms with Crippen LogP contribution in [-0.2, 0) is 22.4 Å².